The van der Waals surface area contributed by atoms with Crippen LogP contribution >= 0.6 is 11.6 Å². The van der Waals surface area contributed by atoms with Gasteiger partial charge >= 0.3 is 0 Å². The van der Waals surface area contributed by atoms with Crippen molar-refractivity contribution in [1.29, 1.82) is 5.26 Å². The summed E-state index contributed by atoms with van der Waals surface area (Å²) in [7, 11) is 0. The smallest absolute Gasteiger partial charge is 0.255 e. The van der Waals surface area contributed by atoms with Crippen molar-refractivity contribution in [3.8, 4) is 6.07 Å². The molecular formula is C15H11ClN2O. The van der Waals surface area contributed by atoms with Gasteiger partial charge in [0.05, 0.1) is 11.6 Å². The first kappa shape index (κ1) is 13.1. The second-order valence-corrected chi connectivity index (χ2v) is 4.51. The van der Waals surface area contributed by atoms with Crippen molar-refractivity contribution in [2.45, 2.75) is 6.92 Å². The molecule has 0 radical (unpaired) electrons. The van der Waals surface area contributed by atoms with Crippen molar-refractivity contribution in [3.63, 3.8) is 0 Å². The number of carbonyl (C=O) groups excluding carboxylic acids is 1. The van der Waals surface area contributed by atoms with Crippen molar-refractivity contribution < 1.29 is 4.79 Å². The van der Waals surface area contributed by atoms with Crippen LogP contribution in [0.25, 0.3) is 0 Å². The zero-order valence-electron chi connectivity index (χ0n) is 10.3. The molecule has 0 aliphatic rings. The lowest BCUT2D eigenvalue weighted by molar-refractivity contribution is 0.102. The minimum absolute atomic E-state index is 0.230. The molecule has 0 unspecified atom stereocenters. The van der Waals surface area contributed by atoms with Gasteiger partial charge in [0.25, 0.3) is 5.91 Å². The average molecular weight is 271 g/mol. The van der Waals surface area contributed by atoms with Gasteiger partial charge in [-0.05, 0) is 48.9 Å². The molecule has 0 spiro atoms. The van der Waals surface area contributed by atoms with Gasteiger partial charge in [-0.25, -0.2) is 0 Å². The molecule has 0 heterocycles. The molecule has 19 heavy (non-hydrogen) atoms. The largest absolute Gasteiger partial charge is 0.322 e. The molecule has 2 aromatic carbocycles. The second-order valence-electron chi connectivity index (χ2n) is 4.11. The Balaban J connectivity index is 2.16. The standard InChI is InChI=1S/C15H11ClN2O/c1-10-2-5-12(8-14(10)16)15(19)18-13-6-3-11(9-17)4-7-13/h2-8H,1H3,(H,18,19). The predicted molar refractivity (Wildman–Crippen MR) is 75.3 cm³/mol. The highest BCUT2D eigenvalue weighted by Gasteiger charge is 2.07. The van der Waals surface area contributed by atoms with Crippen LogP contribution in [0.3, 0.4) is 0 Å². The maximum absolute atomic E-state index is 12.0. The number of hydrogen-bond acceptors (Lipinski definition) is 2. The molecule has 4 heteroatoms. The van der Waals surface area contributed by atoms with Crippen LogP contribution in [0.2, 0.25) is 5.02 Å². The molecule has 1 N–H and O–H groups in total. The molecule has 0 saturated carbocycles. The molecule has 0 bridgehead atoms. The average Bonchev–Trinajstić information content (AvgIpc) is 2.42. The van der Waals surface area contributed by atoms with E-state index in [1.165, 1.54) is 0 Å². The van der Waals surface area contributed by atoms with Crippen LogP contribution in [0.5, 0.6) is 0 Å². The third kappa shape index (κ3) is 3.12. The Bertz CT molecular complexity index is 657. The Hall–Kier alpha value is -2.31. The number of anilines is 1. The molecule has 2 aromatic rings. The summed E-state index contributed by atoms with van der Waals surface area (Å²) in [6.07, 6.45) is 0. The zero-order valence-corrected chi connectivity index (χ0v) is 11.0. The van der Waals surface area contributed by atoms with Gasteiger partial charge in [0.15, 0.2) is 0 Å². The summed E-state index contributed by atoms with van der Waals surface area (Å²) < 4.78 is 0. The molecule has 0 saturated heterocycles. The van der Waals surface area contributed by atoms with Gasteiger partial charge in [-0.2, -0.15) is 5.26 Å². The maximum atomic E-state index is 12.0. The molecule has 1 amide bonds. The maximum Gasteiger partial charge on any atom is 0.255 e. The minimum Gasteiger partial charge on any atom is -0.322 e. The van der Waals surface area contributed by atoms with Crippen LogP contribution in [0.4, 0.5) is 5.69 Å². The van der Waals surface area contributed by atoms with Crippen molar-refractivity contribution in [2.24, 2.45) is 0 Å². The lowest BCUT2D eigenvalue weighted by Crippen LogP contribution is -2.11. The first-order valence-electron chi connectivity index (χ1n) is 5.68. The van der Waals surface area contributed by atoms with E-state index in [-0.39, 0.29) is 5.91 Å². The number of benzene rings is 2. The van der Waals surface area contributed by atoms with Gasteiger partial charge in [-0.1, -0.05) is 17.7 Å². The van der Waals surface area contributed by atoms with Crippen LogP contribution in [0.1, 0.15) is 21.5 Å². The Labute approximate surface area is 116 Å². The first-order valence-corrected chi connectivity index (χ1v) is 6.05. The Morgan fingerprint density at radius 1 is 1.21 bits per heavy atom. The number of nitrogens with zero attached hydrogens (tertiary/aromatic N) is 1. The van der Waals surface area contributed by atoms with E-state index >= 15 is 0 Å². The summed E-state index contributed by atoms with van der Waals surface area (Å²) in [6, 6.07) is 13.9. The summed E-state index contributed by atoms with van der Waals surface area (Å²) in [5.74, 6) is -0.230. The number of nitriles is 1. The molecule has 0 atom stereocenters. The highest BCUT2D eigenvalue weighted by molar-refractivity contribution is 6.31. The van der Waals surface area contributed by atoms with Crippen LogP contribution in [-0.4, -0.2) is 5.91 Å². The number of hydrogen-bond donors (Lipinski definition) is 1. The van der Waals surface area contributed by atoms with Crippen molar-refractivity contribution >= 4 is 23.2 Å². The summed E-state index contributed by atoms with van der Waals surface area (Å²) in [4.78, 5) is 12.0. The minimum atomic E-state index is -0.230. The fourth-order valence-electron chi connectivity index (χ4n) is 1.57. The lowest BCUT2D eigenvalue weighted by Gasteiger charge is -2.06. The Morgan fingerprint density at radius 2 is 1.89 bits per heavy atom. The number of carbonyl (C=O) groups is 1. The van der Waals surface area contributed by atoms with Crippen molar-refractivity contribution in [3.05, 3.63) is 64.2 Å². The fourth-order valence-corrected chi connectivity index (χ4v) is 1.75. The van der Waals surface area contributed by atoms with Crippen LogP contribution in [0.15, 0.2) is 42.5 Å². The zero-order chi connectivity index (χ0) is 13.8. The van der Waals surface area contributed by atoms with Gasteiger partial charge in [0.2, 0.25) is 0 Å². The van der Waals surface area contributed by atoms with E-state index < -0.39 is 0 Å². The molecule has 2 rings (SSSR count). The van der Waals surface area contributed by atoms with Gasteiger partial charge < -0.3 is 5.32 Å². The van der Waals surface area contributed by atoms with Crippen LogP contribution in [-0.2, 0) is 0 Å². The molecule has 94 valence electrons. The van der Waals surface area contributed by atoms with E-state index in [4.69, 9.17) is 16.9 Å². The molecule has 0 aliphatic carbocycles. The van der Waals surface area contributed by atoms with E-state index in [2.05, 4.69) is 5.32 Å². The number of nitrogens with one attached hydrogen (secondary N) is 1. The third-order valence-electron chi connectivity index (χ3n) is 2.71. The SMILES string of the molecule is Cc1ccc(C(=O)Nc2ccc(C#N)cc2)cc1Cl. The molecule has 0 aromatic heterocycles. The van der Waals surface area contributed by atoms with Gasteiger partial charge in [0, 0.05) is 16.3 Å². The summed E-state index contributed by atoms with van der Waals surface area (Å²) >= 11 is 5.98. The molecule has 3 nitrogen and oxygen atoms in total. The molecule has 0 aliphatic heterocycles. The second kappa shape index (κ2) is 5.55. The van der Waals surface area contributed by atoms with E-state index in [1.54, 1.807) is 42.5 Å². The molecular weight excluding hydrogens is 260 g/mol. The first-order chi connectivity index (χ1) is 9.10. The van der Waals surface area contributed by atoms with Crippen molar-refractivity contribution in [2.75, 3.05) is 5.32 Å². The number of rotatable bonds is 2. The molecule has 0 fully saturated rings. The van der Waals surface area contributed by atoms with E-state index in [0.717, 1.165) is 5.56 Å². The monoisotopic (exact) mass is 270 g/mol. The summed E-state index contributed by atoms with van der Waals surface area (Å²) in [6.45, 7) is 1.88. The van der Waals surface area contributed by atoms with Gasteiger partial charge in [0.1, 0.15) is 0 Å². The highest BCUT2D eigenvalue weighted by atomic mass is 35.5. The Kier molecular flexibility index (Phi) is 3.84. The Morgan fingerprint density at radius 3 is 2.47 bits per heavy atom. The number of halogens is 1. The summed E-state index contributed by atoms with van der Waals surface area (Å²) in [5.41, 5.74) is 2.62. The van der Waals surface area contributed by atoms with Gasteiger partial charge in [-0.15, -0.1) is 0 Å². The van der Waals surface area contributed by atoms with Crippen LogP contribution < -0.4 is 5.32 Å². The quantitative estimate of drug-likeness (QED) is 0.903. The number of aryl methyl sites for hydroxylation is 1. The van der Waals surface area contributed by atoms with E-state index in [9.17, 15) is 4.79 Å². The van der Waals surface area contributed by atoms with Crippen molar-refractivity contribution in [1.82, 2.24) is 0 Å². The predicted octanol–water partition coefficient (Wildman–Crippen LogP) is 3.77. The lowest BCUT2D eigenvalue weighted by atomic mass is 10.1. The number of amides is 1. The van der Waals surface area contributed by atoms with Gasteiger partial charge in [-0.3, -0.25) is 4.79 Å². The van der Waals surface area contributed by atoms with E-state index in [1.807, 2.05) is 13.0 Å². The fraction of sp³-hybridized carbons (Fsp3) is 0.0667. The highest BCUT2D eigenvalue weighted by Crippen LogP contribution is 2.18. The van der Waals surface area contributed by atoms with E-state index in [0.29, 0.717) is 21.8 Å². The van der Waals surface area contributed by atoms with Crippen LogP contribution in [0, 0.1) is 18.3 Å². The normalized spacial score (nSPS) is 9.74. The topological polar surface area (TPSA) is 52.9 Å². The third-order valence-corrected chi connectivity index (χ3v) is 3.11. The summed E-state index contributed by atoms with van der Waals surface area (Å²) in [5, 5.41) is 12.0.